The number of hydrogen-bond donors (Lipinski definition) is 1. The number of hydrogen-bond acceptors (Lipinski definition) is 6. The maximum atomic E-state index is 13.1. The Labute approximate surface area is 207 Å². The van der Waals surface area contributed by atoms with Crippen molar-refractivity contribution in [3.05, 3.63) is 70.2 Å². The highest BCUT2D eigenvalue weighted by Crippen LogP contribution is 2.22. The summed E-state index contributed by atoms with van der Waals surface area (Å²) in [5.74, 6) is 0.0434. The molecule has 10 heteroatoms. The van der Waals surface area contributed by atoms with Crippen LogP contribution in [-0.2, 0) is 7.05 Å². The van der Waals surface area contributed by atoms with E-state index in [1.807, 2.05) is 30.3 Å². The molecule has 34 heavy (non-hydrogen) atoms. The minimum absolute atomic E-state index is 0.224. The van der Waals surface area contributed by atoms with Crippen LogP contribution in [0.15, 0.2) is 53.3 Å². The van der Waals surface area contributed by atoms with Gasteiger partial charge >= 0.3 is 0 Å². The van der Waals surface area contributed by atoms with Crippen LogP contribution in [0.1, 0.15) is 51.8 Å². The quantitative estimate of drug-likeness (QED) is 0.508. The highest BCUT2D eigenvalue weighted by atomic mass is 79.9. The molecule has 0 saturated carbocycles. The highest BCUT2D eigenvalue weighted by molar-refractivity contribution is 9.10. The molecule has 0 aliphatic carbocycles. The maximum absolute atomic E-state index is 13.1. The normalized spacial score (nSPS) is 14.5. The summed E-state index contributed by atoms with van der Waals surface area (Å²) in [6.07, 6.45) is 5.03. The van der Waals surface area contributed by atoms with E-state index in [0.717, 1.165) is 31.5 Å². The molecule has 1 atom stereocenters. The van der Waals surface area contributed by atoms with E-state index in [9.17, 15) is 9.59 Å². The van der Waals surface area contributed by atoms with Crippen LogP contribution < -0.4 is 10.2 Å². The molecule has 3 aromatic rings. The van der Waals surface area contributed by atoms with E-state index in [4.69, 9.17) is 0 Å². The minimum atomic E-state index is -0.387. The molecular weight excluding hydrogens is 498 g/mol. The summed E-state index contributed by atoms with van der Waals surface area (Å²) in [5, 5.41) is 7.23. The van der Waals surface area contributed by atoms with Crippen LogP contribution in [0.25, 0.3) is 0 Å². The predicted molar refractivity (Wildman–Crippen MR) is 133 cm³/mol. The molecule has 178 valence electrons. The Morgan fingerprint density at radius 2 is 1.85 bits per heavy atom. The molecule has 9 nitrogen and oxygen atoms in total. The lowest BCUT2D eigenvalue weighted by molar-refractivity contribution is 0.0710. The fourth-order valence-electron chi connectivity index (χ4n) is 4.03. The summed E-state index contributed by atoms with van der Waals surface area (Å²) in [4.78, 5) is 38.7. The zero-order valence-electron chi connectivity index (χ0n) is 19.3. The molecule has 1 aliphatic rings. The molecule has 1 unspecified atom stereocenters. The summed E-state index contributed by atoms with van der Waals surface area (Å²) in [7, 11) is 3.48. The molecule has 0 spiro atoms. The van der Waals surface area contributed by atoms with Gasteiger partial charge in [-0.2, -0.15) is 5.10 Å². The van der Waals surface area contributed by atoms with Crippen molar-refractivity contribution in [3.8, 4) is 0 Å². The van der Waals surface area contributed by atoms with Crippen molar-refractivity contribution in [1.29, 1.82) is 0 Å². The number of halogens is 1. The topological polar surface area (TPSA) is 96.2 Å². The Bertz CT molecular complexity index is 1130. The average Bonchev–Trinajstić information content (AvgIpc) is 3.22. The van der Waals surface area contributed by atoms with E-state index in [2.05, 4.69) is 41.2 Å². The lowest BCUT2D eigenvalue weighted by atomic mass is 10.1. The Hall–Kier alpha value is -3.27. The number of likely N-dealkylation sites (N-methyl/N-ethyl adjacent to an activating group) is 1. The number of nitrogens with zero attached hydrogens (tertiary/aromatic N) is 6. The second kappa shape index (κ2) is 10.8. The van der Waals surface area contributed by atoms with Gasteiger partial charge in [0.15, 0.2) is 5.69 Å². The summed E-state index contributed by atoms with van der Waals surface area (Å²) >= 11 is 3.38. The first-order chi connectivity index (χ1) is 16.4. The minimum Gasteiger partial charge on any atom is -0.348 e. The number of aryl methyl sites for hydroxylation is 1. The number of nitrogens with one attached hydrogen (secondary N) is 1. The number of piperidine rings is 1. The molecular formula is C24H28BrN7O2. The maximum Gasteiger partial charge on any atom is 0.274 e. The molecule has 1 aromatic carbocycles. The standard InChI is InChI=1S/C24H28BrN7O2/c1-30(23(34)19-15-21(25)31(2)29-19)20(17-9-5-3-6-10-17)16-27-22(33)18-11-12-26-24(28-18)32-13-7-4-8-14-32/h3,5-6,9-12,15,20H,4,7-8,13-14,16H2,1-2H3,(H,27,33). The zero-order valence-corrected chi connectivity index (χ0v) is 20.9. The number of aromatic nitrogens is 4. The Morgan fingerprint density at radius 3 is 2.53 bits per heavy atom. The van der Waals surface area contributed by atoms with E-state index < -0.39 is 0 Å². The van der Waals surface area contributed by atoms with Gasteiger partial charge in [0.25, 0.3) is 11.8 Å². The number of carbonyl (C=O) groups excluding carboxylic acids is 2. The number of anilines is 1. The highest BCUT2D eigenvalue weighted by Gasteiger charge is 2.26. The molecule has 3 heterocycles. The number of carbonyl (C=O) groups is 2. The average molecular weight is 526 g/mol. The molecule has 1 N–H and O–H groups in total. The van der Waals surface area contributed by atoms with E-state index in [-0.39, 0.29) is 24.4 Å². The monoisotopic (exact) mass is 525 g/mol. The Balaban J connectivity index is 1.50. The number of benzene rings is 1. The fraction of sp³-hybridized carbons (Fsp3) is 0.375. The van der Waals surface area contributed by atoms with E-state index >= 15 is 0 Å². The van der Waals surface area contributed by atoms with Gasteiger partial charge in [0.05, 0.1) is 6.04 Å². The molecule has 2 aromatic heterocycles. The van der Waals surface area contributed by atoms with Crippen LogP contribution in [0.5, 0.6) is 0 Å². The van der Waals surface area contributed by atoms with Crippen LogP contribution in [0.4, 0.5) is 5.95 Å². The lowest BCUT2D eigenvalue weighted by Gasteiger charge is -2.28. The SMILES string of the molecule is CN(C(=O)c1cc(Br)n(C)n1)C(CNC(=O)c1ccnc(N2CCCCC2)n1)c1ccccc1. The van der Waals surface area contributed by atoms with Crippen LogP contribution in [-0.4, -0.2) is 63.1 Å². The summed E-state index contributed by atoms with van der Waals surface area (Å²) < 4.78 is 2.30. The molecule has 4 rings (SSSR count). The van der Waals surface area contributed by atoms with Gasteiger partial charge < -0.3 is 15.1 Å². The molecule has 2 amide bonds. The molecule has 0 radical (unpaired) electrons. The van der Waals surface area contributed by atoms with E-state index in [0.29, 0.717) is 21.9 Å². The molecule has 1 aliphatic heterocycles. The fourth-order valence-corrected chi connectivity index (χ4v) is 4.32. The first-order valence-electron chi connectivity index (χ1n) is 11.3. The van der Waals surface area contributed by atoms with Crippen molar-refractivity contribution >= 4 is 33.7 Å². The van der Waals surface area contributed by atoms with Gasteiger partial charge in [-0.1, -0.05) is 30.3 Å². The van der Waals surface area contributed by atoms with Gasteiger partial charge in [-0.3, -0.25) is 14.3 Å². The Morgan fingerprint density at radius 1 is 1.12 bits per heavy atom. The van der Waals surface area contributed by atoms with E-state index in [1.165, 1.54) is 6.42 Å². The van der Waals surface area contributed by atoms with Gasteiger partial charge in [-0.15, -0.1) is 0 Å². The summed E-state index contributed by atoms with van der Waals surface area (Å²) in [5.41, 5.74) is 1.54. The van der Waals surface area contributed by atoms with Crippen molar-refractivity contribution < 1.29 is 9.59 Å². The largest absolute Gasteiger partial charge is 0.348 e. The van der Waals surface area contributed by atoms with Crippen molar-refractivity contribution in [2.45, 2.75) is 25.3 Å². The second-order valence-corrected chi connectivity index (χ2v) is 9.13. The van der Waals surface area contributed by atoms with Crippen molar-refractivity contribution in [1.82, 2.24) is 30.0 Å². The third kappa shape index (κ3) is 5.44. The van der Waals surface area contributed by atoms with Gasteiger partial charge in [0.2, 0.25) is 5.95 Å². The predicted octanol–water partition coefficient (Wildman–Crippen LogP) is 3.21. The third-order valence-electron chi connectivity index (χ3n) is 5.98. The summed E-state index contributed by atoms with van der Waals surface area (Å²) in [6, 6.07) is 12.5. The zero-order chi connectivity index (χ0) is 24.1. The van der Waals surface area contributed by atoms with Gasteiger partial charge in [-0.25, -0.2) is 9.97 Å². The van der Waals surface area contributed by atoms with E-state index in [1.54, 1.807) is 42.0 Å². The summed E-state index contributed by atoms with van der Waals surface area (Å²) in [6.45, 7) is 2.03. The molecule has 1 saturated heterocycles. The van der Waals surface area contributed by atoms with Gasteiger partial charge in [-0.05, 0) is 46.8 Å². The molecule has 1 fully saturated rings. The molecule has 0 bridgehead atoms. The lowest BCUT2D eigenvalue weighted by Crippen LogP contribution is -2.39. The van der Waals surface area contributed by atoms with Crippen molar-refractivity contribution in [2.75, 3.05) is 31.6 Å². The van der Waals surface area contributed by atoms with Gasteiger partial charge in [0, 0.05) is 46.0 Å². The third-order valence-corrected chi connectivity index (χ3v) is 6.73. The van der Waals surface area contributed by atoms with Crippen molar-refractivity contribution in [3.63, 3.8) is 0 Å². The van der Waals surface area contributed by atoms with Crippen molar-refractivity contribution in [2.24, 2.45) is 7.05 Å². The van der Waals surface area contributed by atoms with Gasteiger partial charge in [0.1, 0.15) is 10.3 Å². The van der Waals surface area contributed by atoms with Crippen LogP contribution >= 0.6 is 15.9 Å². The number of amides is 2. The smallest absolute Gasteiger partial charge is 0.274 e. The van der Waals surface area contributed by atoms with Crippen LogP contribution in [0.2, 0.25) is 0 Å². The Kier molecular flexibility index (Phi) is 7.56. The first kappa shape index (κ1) is 23.9. The second-order valence-electron chi connectivity index (χ2n) is 8.32. The first-order valence-corrected chi connectivity index (χ1v) is 12.1. The van der Waals surface area contributed by atoms with Crippen LogP contribution in [0.3, 0.4) is 0 Å². The van der Waals surface area contributed by atoms with Crippen LogP contribution in [0, 0.1) is 0 Å². The number of rotatable bonds is 7.